The number of carbonyl (C=O) groups excluding carboxylic acids is 1. The first-order chi connectivity index (χ1) is 10.8. The minimum Gasteiger partial charge on any atom is -0.444 e. The van der Waals surface area contributed by atoms with Crippen molar-refractivity contribution in [1.29, 1.82) is 5.26 Å². The van der Waals surface area contributed by atoms with Crippen molar-refractivity contribution in [2.45, 2.75) is 45.3 Å². The molecule has 1 atom stereocenters. The first kappa shape index (κ1) is 17.1. The predicted octanol–water partition coefficient (Wildman–Crippen LogP) is 2.79. The fourth-order valence-electron chi connectivity index (χ4n) is 2.63. The van der Waals surface area contributed by atoms with Crippen LogP contribution in [0.15, 0.2) is 18.3 Å². The van der Waals surface area contributed by atoms with Crippen molar-refractivity contribution in [3.8, 4) is 6.07 Å². The number of hydrogen-bond acceptors (Lipinski definition) is 5. The lowest BCUT2D eigenvalue weighted by molar-refractivity contribution is 0.0199. The molecule has 1 aromatic heterocycles. The van der Waals surface area contributed by atoms with Crippen LogP contribution in [0.25, 0.3) is 0 Å². The Kier molecular flexibility index (Phi) is 5.09. The van der Waals surface area contributed by atoms with E-state index in [1.807, 2.05) is 32.7 Å². The number of nitriles is 1. The Hall–Kier alpha value is -2.29. The van der Waals surface area contributed by atoms with Gasteiger partial charge >= 0.3 is 6.09 Å². The first-order valence-corrected chi connectivity index (χ1v) is 7.87. The molecule has 1 fully saturated rings. The van der Waals surface area contributed by atoms with Gasteiger partial charge in [-0.3, -0.25) is 0 Å². The Morgan fingerprint density at radius 3 is 2.91 bits per heavy atom. The number of aromatic nitrogens is 1. The Balaban J connectivity index is 2.05. The number of rotatable bonds is 2. The van der Waals surface area contributed by atoms with E-state index >= 15 is 0 Å². The van der Waals surface area contributed by atoms with Gasteiger partial charge in [-0.1, -0.05) is 0 Å². The first-order valence-electron chi connectivity index (χ1n) is 7.87. The monoisotopic (exact) mass is 316 g/mol. The highest BCUT2D eigenvalue weighted by Gasteiger charge is 2.29. The van der Waals surface area contributed by atoms with Crippen molar-refractivity contribution >= 4 is 11.9 Å². The molecule has 2 rings (SSSR count). The van der Waals surface area contributed by atoms with Crippen molar-refractivity contribution in [1.82, 2.24) is 9.88 Å². The lowest BCUT2D eigenvalue weighted by atomic mass is 10.0. The number of carbonyl (C=O) groups is 1. The zero-order valence-electron chi connectivity index (χ0n) is 14.2. The summed E-state index contributed by atoms with van der Waals surface area (Å²) in [6, 6.07) is 5.75. The summed E-state index contributed by atoms with van der Waals surface area (Å²) in [5.74, 6) is 0.750. The molecule has 0 unspecified atom stereocenters. The van der Waals surface area contributed by atoms with Crippen LogP contribution in [0.3, 0.4) is 0 Å². The second-order valence-corrected chi connectivity index (χ2v) is 6.85. The summed E-state index contributed by atoms with van der Waals surface area (Å²) in [7, 11) is 1.95. The highest BCUT2D eigenvalue weighted by atomic mass is 16.6. The molecular formula is C17H24N4O2. The minimum atomic E-state index is -0.487. The van der Waals surface area contributed by atoms with Crippen LogP contribution in [-0.4, -0.2) is 47.8 Å². The number of pyridine rings is 1. The van der Waals surface area contributed by atoms with Crippen LogP contribution < -0.4 is 4.90 Å². The summed E-state index contributed by atoms with van der Waals surface area (Å²) in [5.41, 5.74) is 0.0974. The molecule has 1 aromatic rings. The van der Waals surface area contributed by atoms with E-state index in [-0.39, 0.29) is 12.1 Å². The third kappa shape index (κ3) is 4.59. The van der Waals surface area contributed by atoms with Crippen LogP contribution in [0.2, 0.25) is 0 Å². The molecule has 0 spiro atoms. The molecule has 1 saturated heterocycles. The number of amides is 1. The summed E-state index contributed by atoms with van der Waals surface area (Å²) in [5, 5.41) is 9.01. The quantitative estimate of drug-likeness (QED) is 0.839. The average Bonchev–Trinajstić information content (AvgIpc) is 2.52. The second-order valence-electron chi connectivity index (χ2n) is 6.85. The molecule has 23 heavy (non-hydrogen) atoms. The van der Waals surface area contributed by atoms with E-state index in [0.29, 0.717) is 18.7 Å². The van der Waals surface area contributed by atoms with Crippen LogP contribution >= 0.6 is 0 Å². The number of nitrogens with zero attached hydrogens (tertiary/aromatic N) is 4. The van der Waals surface area contributed by atoms with Crippen LogP contribution in [0.5, 0.6) is 0 Å². The summed E-state index contributed by atoms with van der Waals surface area (Å²) < 4.78 is 5.46. The number of hydrogen-bond donors (Lipinski definition) is 0. The molecule has 2 heterocycles. The third-order valence-electron chi connectivity index (χ3n) is 3.83. The summed E-state index contributed by atoms with van der Waals surface area (Å²) >= 11 is 0. The molecular weight excluding hydrogens is 292 g/mol. The van der Waals surface area contributed by atoms with E-state index in [2.05, 4.69) is 11.1 Å². The van der Waals surface area contributed by atoms with Crippen molar-refractivity contribution in [3.63, 3.8) is 0 Å². The van der Waals surface area contributed by atoms with E-state index in [4.69, 9.17) is 10.00 Å². The standard InChI is InChI=1S/C17H24N4O2/c1-17(2,3)23-16(22)21-9-5-6-14(12-21)20(4)15-10-13(11-18)7-8-19-15/h7-8,10,14H,5-6,9,12H2,1-4H3/t14-/m1/s1. The van der Waals surface area contributed by atoms with Gasteiger partial charge in [0.05, 0.1) is 11.6 Å². The molecule has 1 amide bonds. The molecule has 124 valence electrons. The van der Waals surface area contributed by atoms with Gasteiger partial charge in [0.15, 0.2) is 0 Å². The number of ether oxygens (including phenoxy) is 1. The molecule has 0 aromatic carbocycles. The fraction of sp³-hybridized carbons (Fsp3) is 0.588. The Labute approximate surface area is 137 Å². The summed E-state index contributed by atoms with van der Waals surface area (Å²) in [6.45, 7) is 6.93. The summed E-state index contributed by atoms with van der Waals surface area (Å²) in [4.78, 5) is 20.4. The molecule has 6 nitrogen and oxygen atoms in total. The van der Waals surface area contributed by atoms with Gasteiger partial charge in [0.1, 0.15) is 11.4 Å². The topological polar surface area (TPSA) is 69.5 Å². The molecule has 0 aliphatic carbocycles. The number of likely N-dealkylation sites (N-methyl/N-ethyl adjacent to an activating group) is 1. The van der Waals surface area contributed by atoms with Gasteiger partial charge in [-0.05, 0) is 45.7 Å². The molecule has 0 bridgehead atoms. The van der Waals surface area contributed by atoms with Gasteiger partial charge in [0.25, 0.3) is 0 Å². The van der Waals surface area contributed by atoms with E-state index in [1.165, 1.54) is 0 Å². The fourth-order valence-corrected chi connectivity index (χ4v) is 2.63. The smallest absolute Gasteiger partial charge is 0.410 e. The van der Waals surface area contributed by atoms with E-state index in [9.17, 15) is 4.79 Å². The second kappa shape index (κ2) is 6.86. The maximum absolute atomic E-state index is 12.2. The number of likely N-dealkylation sites (tertiary alicyclic amines) is 1. The lowest BCUT2D eigenvalue weighted by Gasteiger charge is -2.38. The maximum Gasteiger partial charge on any atom is 0.410 e. The van der Waals surface area contributed by atoms with Crippen LogP contribution in [0.1, 0.15) is 39.2 Å². The zero-order chi connectivity index (χ0) is 17.0. The maximum atomic E-state index is 12.2. The van der Waals surface area contributed by atoms with Crippen molar-refractivity contribution in [2.24, 2.45) is 0 Å². The molecule has 6 heteroatoms. The zero-order valence-corrected chi connectivity index (χ0v) is 14.2. The normalized spacial score (nSPS) is 18.2. The van der Waals surface area contributed by atoms with Crippen molar-refractivity contribution < 1.29 is 9.53 Å². The molecule has 0 saturated carbocycles. The highest BCUT2D eigenvalue weighted by Crippen LogP contribution is 2.22. The Morgan fingerprint density at radius 1 is 1.52 bits per heavy atom. The van der Waals surface area contributed by atoms with Gasteiger partial charge in [0, 0.05) is 32.4 Å². The molecule has 0 N–H and O–H groups in total. The number of piperidine rings is 1. The average molecular weight is 316 g/mol. The highest BCUT2D eigenvalue weighted by molar-refractivity contribution is 5.68. The van der Waals surface area contributed by atoms with Crippen LogP contribution in [0.4, 0.5) is 10.6 Å². The van der Waals surface area contributed by atoms with Crippen LogP contribution in [0, 0.1) is 11.3 Å². The predicted molar refractivity (Wildman–Crippen MR) is 88.2 cm³/mol. The van der Waals surface area contributed by atoms with Gasteiger partial charge in [-0.25, -0.2) is 9.78 Å². The van der Waals surface area contributed by atoms with Gasteiger partial charge in [-0.2, -0.15) is 5.26 Å². The van der Waals surface area contributed by atoms with E-state index in [0.717, 1.165) is 18.7 Å². The summed E-state index contributed by atoms with van der Waals surface area (Å²) in [6.07, 6.45) is 3.27. The third-order valence-corrected chi connectivity index (χ3v) is 3.83. The van der Waals surface area contributed by atoms with Gasteiger partial charge in [-0.15, -0.1) is 0 Å². The van der Waals surface area contributed by atoms with Crippen molar-refractivity contribution in [3.05, 3.63) is 23.9 Å². The van der Waals surface area contributed by atoms with Crippen LogP contribution in [-0.2, 0) is 4.74 Å². The van der Waals surface area contributed by atoms with E-state index < -0.39 is 5.60 Å². The SMILES string of the molecule is CN(c1cc(C#N)ccn1)[C@@H]1CCCN(C(=O)OC(C)(C)C)C1. The van der Waals surface area contributed by atoms with Crippen molar-refractivity contribution in [2.75, 3.05) is 25.0 Å². The van der Waals surface area contributed by atoms with Gasteiger partial charge in [0.2, 0.25) is 0 Å². The van der Waals surface area contributed by atoms with E-state index in [1.54, 1.807) is 23.2 Å². The number of anilines is 1. The minimum absolute atomic E-state index is 0.165. The molecule has 0 radical (unpaired) electrons. The molecule has 1 aliphatic heterocycles. The largest absolute Gasteiger partial charge is 0.444 e. The van der Waals surface area contributed by atoms with Gasteiger partial charge < -0.3 is 14.5 Å². The lowest BCUT2D eigenvalue weighted by Crippen LogP contribution is -2.50. The Morgan fingerprint density at radius 2 is 2.26 bits per heavy atom. The Bertz CT molecular complexity index is 603. The molecule has 1 aliphatic rings.